The molecule has 3 aromatic rings. The predicted molar refractivity (Wildman–Crippen MR) is 80.4 cm³/mol. The third kappa shape index (κ3) is 2.25. The highest BCUT2D eigenvalue weighted by atomic mass is 35.5. The van der Waals surface area contributed by atoms with E-state index in [2.05, 4.69) is 28.8 Å². The molecule has 0 spiro atoms. The van der Waals surface area contributed by atoms with E-state index in [0.717, 1.165) is 22.8 Å². The molecule has 0 saturated heterocycles. The van der Waals surface area contributed by atoms with Gasteiger partial charge in [-0.05, 0) is 29.1 Å². The normalized spacial score (nSPS) is 11.1. The summed E-state index contributed by atoms with van der Waals surface area (Å²) in [7, 11) is 0. The maximum absolute atomic E-state index is 6.24. The molecule has 0 unspecified atom stereocenters. The SMILES string of the molecule is NCc1cc2ccccc2n1Cc1ccccc1Cl. The molecule has 0 aliphatic carbocycles. The summed E-state index contributed by atoms with van der Waals surface area (Å²) in [6.45, 7) is 1.28. The molecule has 0 atom stereocenters. The highest BCUT2D eigenvalue weighted by Gasteiger charge is 2.09. The van der Waals surface area contributed by atoms with Crippen molar-refractivity contribution in [1.82, 2.24) is 4.57 Å². The zero-order valence-electron chi connectivity index (χ0n) is 10.5. The number of aromatic nitrogens is 1. The molecule has 2 nitrogen and oxygen atoms in total. The number of nitrogens with zero attached hydrogens (tertiary/aromatic N) is 1. The average Bonchev–Trinajstić information content (AvgIpc) is 2.79. The smallest absolute Gasteiger partial charge is 0.0494 e. The number of hydrogen-bond donors (Lipinski definition) is 1. The van der Waals surface area contributed by atoms with Crippen LogP contribution in [-0.4, -0.2) is 4.57 Å². The Morgan fingerprint density at radius 1 is 1.00 bits per heavy atom. The van der Waals surface area contributed by atoms with Crippen LogP contribution < -0.4 is 5.73 Å². The Bertz CT molecular complexity index is 716. The Morgan fingerprint density at radius 3 is 2.53 bits per heavy atom. The van der Waals surface area contributed by atoms with Gasteiger partial charge in [-0.3, -0.25) is 0 Å². The summed E-state index contributed by atoms with van der Waals surface area (Å²) in [6, 6.07) is 18.4. The highest BCUT2D eigenvalue weighted by Crippen LogP contribution is 2.23. The molecule has 19 heavy (non-hydrogen) atoms. The first-order chi connectivity index (χ1) is 9.29. The fraction of sp³-hybridized carbons (Fsp3) is 0.125. The van der Waals surface area contributed by atoms with E-state index in [1.165, 1.54) is 10.9 Å². The molecule has 2 aromatic carbocycles. The van der Waals surface area contributed by atoms with Crippen LogP contribution in [0.15, 0.2) is 54.6 Å². The number of hydrogen-bond acceptors (Lipinski definition) is 1. The molecule has 0 aliphatic rings. The first-order valence-corrected chi connectivity index (χ1v) is 6.68. The van der Waals surface area contributed by atoms with E-state index in [1.807, 2.05) is 30.3 Å². The topological polar surface area (TPSA) is 30.9 Å². The third-order valence-electron chi connectivity index (χ3n) is 3.39. The standard InChI is InChI=1S/C16H15ClN2/c17-15-7-3-1-6-13(15)11-19-14(10-18)9-12-5-2-4-8-16(12)19/h1-9H,10-11,18H2. The van der Waals surface area contributed by atoms with Crippen molar-refractivity contribution in [2.75, 3.05) is 0 Å². The third-order valence-corrected chi connectivity index (χ3v) is 3.76. The van der Waals surface area contributed by atoms with Gasteiger partial charge in [-0.2, -0.15) is 0 Å². The van der Waals surface area contributed by atoms with E-state index >= 15 is 0 Å². The number of nitrogens with two attached hydrogens (primary N) is 1. The van der Waals surface area contributed by atoms with Crippen molar-refractivity contribution in [2.45, 2.75) is 13.1 Å². The molecule has 0 fully saturated rings. The van der Waals surface area contributed by atoms with Gasteiger partial charge in [0.2, 0.25) is 0 Å². The zero-order valence-corrected chi connectivity index (χ0v) is 11.3. The summed E-state index contributed by atoms with van der Waals surface area (Å²) in [6.07, 6.45) is 0. The molecule has 0 saturated carbocycles. The van der Waals surface area contributed by atoms with Gasteiger partial charge in [-0.15, -0.1) is 0 Å². The van der Waals surface area contributed by atoms with Gasteiger partial charge in [-0.1, -0.05) is 48.0 Å². The van der Waals surface area contributed by atoms with Gasteiger partial charge in [-0.25, -0.2) is 0 Å². The second kappa shape index (κ2) is 5.08. The Balaban J connectivity index is 2.12. The van der Waals surface area contributed by atoms with Crippen LogP contribution in [0.4, 0.5) is 0 Å². The molecular weight excluding hydrogens is 256 g/mol. The lowest BCUT2D eigenvalue weighted by Gasteiger charge is -2.11. The molecule has 3 rings (SSSR count). The largest absolute Gasteiger partial charge is 0.339 e. The van der Waals surface area contributed by atoms with Gasteiger partial charge in [0.25, 0.3) is 0 Å². The van der Waals surface area contributed by atoms with Crippen molar-refractivity contribution in [3.8, 4) is 0 Å². The maximum Gasteiger partial charge on any atom is 0.0494 e. The van der Waals surface area contributed by atoms with Crippen molar-refractivity contribution in [2.24, 2.45) is 5.73 Å². The van der Waals surface area contributed by atoms with Crippen LogP contribution in [0, 0.1) is 0 Å². The lowest BCUT2D eigenvalue weighted by molar-refractivity contribution is 0.768. The highest BCUT2D eigenvalue weighted by molar-refractivity contribution is 6.31. The summed E-state index contributed by atoms with van der Waals surface area (Å²) in [4.78, 5) is 0. The van der Waals surface area contributed by atoms with E-state index in [1.54, 1.807) is 0 Å². The number of rotatable bonds is 3. The van der Waals surface area contributed by atoms with Crippen molar-refractivity contribution in [3.63, 3.8) is 0 Å². The van der Waals surface area contributed by atoms with Gasteiger partial charge in [0.1, 0.15) is 0 Å². The van der Waals surface area contributed by atoms with Gasteiger partial charge >= 0.3 is 0 Å². The van der Waals surface area contributed by atoms with Gasteiger partial charge in [0, 0.05) is 29.3 Å². The molecule has 0 amide bonds. The van der Waals surface area contributed by atoms with Crippen LogP contribution in [0.25, 0.3) is 10.9 Å². The van der Waals surface area contributed by atoms with Crippen LogP contribution in [0.3, 0.4) is 0 Å². The van der Waals surface area contributed by atoms with Crippen LogP contribution in [0.1, 0.15) is 11.3 Å². The fourth-order valence-electron chi connectivity index (χ4n) is 2.42. The molecule has 2 N–H and O–H groups in total. The van der Waals surface area contributed by atoms with Gasteiger partial charge in [0.15, 0.2) is 0 Å². The molecule has 96 valence electrons. The second-order valence-corrected chi connectivity index (χ2v) is 4.98. The molecule has 0 bridgehead atoms. The predicted octanol–water partition coefficient (Wildman–Crippen LogP) is 3.80. The monoisotopic (exact) mass is 270 g/mol. The molecule has 0 aliphatic heterocycles. The Morgan fingerprint density at radius 2 is 1.74 bits per heavy atom. The van der Waals surface area contributed by atoms with Crippen LogP contribution in [-0.2, 0) is 13.1 Å². The first-order valence-electron chi connectivity index (χ1n) is 6.30. The minimum atomic E-state index is 0.527. The summed E-state index contributed by atoms with van der Waals surface area (Å²) in [5.41, 5.74) is 9.29. The van der Waals surface area contributed by atoms with Gasteiger partial charge in [0.05, 0.1) is 0 Å². The minimum absolute atomic E-state index is 0.527. The summed E-state index contributed by atoms with van der Waals surface area (Å²) in [5, 5.41) is 2.01. The van der Waals surface area contributed by atoms with Crippen LogP contribution in [0.2, 0.25) is 5.02 Å². The van der Waals surface area contributed by atoms with Crippen molar-refractivity contribution < 1.29 is 0 Å². The fourth-order valence-corrected chi connectivity index (χ4v) is 2.62. The lowest BCUT2D eigenvalue weighted by atomic mass is 10.2. The van der Waals surface area contributed by atoms with E-state index in [9.17, 15) is 0 Å². The van der Waals surface area contributed by atoms with E-state index in [0.29, 0.717) is 6.54 Å². The maximum atomic E-state index is 6.24. The van der Waals surface area contributed by atoms with Crippen molar-refractivity contribution in [3.05, 3.63) is 70.9 Å². The van der Waals surface area contributed by atoms with Crippen molar-refractivity contribution >= 4 is 22.5 Å². The Kier molecular flexibility index (Phi) is 3.28. The average molecular weight is 271 g/mol. The van der Waals surface area contributed by atoms with E-state index in [-0.39, 0.29) is 0 Å². The molecule has 3 heteroatoms. The molecule has 1 heterocycles. The van der Waals surface area contributed by atoms with Gasteiger partial charge < -0.3 is 10.3 Å². The number of benzene rings is 2. The second-order valence-electron chi connectivity index (χ2n) is 4.58. The minimum Gasteiger partial charge on any atom is -0.339 e. The van der Waals surface area contributed by atoms with E-state index in [4.69, 9.17) is 17.3 Å². The lowest BCUT2D eigenvalue weighted by Crippen LogP contribution is -2.08. The van der Waals surface area contributed by atoms with E-state index < -0.39 is 0 Å². The number of halogens is 1. The zero-order chi connectivity index (χ0) is 13.2. The Labute approximate surface area is 117 Å². The molecule has 0 radical (unpaired) electrons. The summed E-state index contributed by atoms with van der Waals surface area (Å²) >= 11 is 6.24. The number of para-hydroxylation sites is 1. The summed E-state index contributed by atoms with van der Waals surface area (Å²) in [5.74, 6) is 0. The quantitative estimate of drug-likeness (QED) is 0.771. The van der Waals surface area contributed by atoms with Crippen LogP contribution >= 0.6 is 11.6 Å². The number of fused-ring (bicyclic) bond motifs is 1. The molecular formula is C16H15ClN2. The first kappa shape index (κ1) is 12.3. The van der Waals surface area contributed by atoms with Crippen LogP contribution in [0.5, 0.6) is 0 Å². The summed E-state index contributed by atoms with van der Waals surface area (Å²) < 4.78 is 2.23. The van der Waals surface area contributed by atoms with Crippen molar-refractivity contribution in [1.29, 1.82) is 0 Å². The Hall–Kier alpha value is -1.77. The molecule has 1 aromatic heterocycles.